The Bertz CT molecular complexity index is 1720. The highest BCUT2D eigenvalue weighted by Gasteiger charge is 2.38. The molecular weight excluding hydrogens is 553 g/mol. The van der Waals surface area contributed by atoms with Crippen LogP contribution in [-0.2, 0) is 19.8 Å². The van der Waals surface area contributed by atoms with Crippen molar-refractivity contribution in [3.63, 3.8) is 0 Å². The number of nitrogens with zero attached hydrogens (tertiary/aromatic N) is 8. The van der Waals surface area contributed by atoms with Gasteiger partial charge in [0.1, 0.15) is 29.7 Å². The highest BCUT2D eigenvalue weighted by Crippen LogP contribution is 2.33. The number of rotatable bonds is 5. The highest BCUT2D eigenvalue weighted by atomic mass is 19.4. The van der Waals surface area contributed by atoms with Crippen molar-refractivity contribution >= 4 is 17.0 Å². The topological polar surface area (TPSA) is 115 Å². The van der Waals surface area contributed by atoms with E-state index in [1.54, 1.807) is 6.07 Å². The van der Waals surface area contributed by atoms with Crippen LogP contribution in [0.5, 0.6) is 5.75 Å². The van der Waals surface area contributed by atoms with Gasteiger partial charge in [-0.1, -0.05) is 0 Å². The predicted octanol–water partition coefficient (Wildman–Crippen LogP) is 3.45. The summed E-state index contributed by atoms with van der Waals surface area (Å²) in [6.07, 6.45) is -7.85. The van der Waals surface area contributed by atoms with Gasteiger partial charge in [-0.2, -0.15) is 36.7 Å². The molecule has 0 aliphatic carbocycles. The van der Waals surface area contributed by atoms with Gasteiger partial charge in [-0.3, -0.25) is 14.0 Å². The van der Waals surface area contributed by atoms with Crippen LogP contribution in [0.4, 0.5) is 36.7 Å². The Balaban J connectivity index is 1.51. The molecule has 10 nitrogen and oxygen atoms in total. The Labute approximate surface area is 218 Å². The molecule has 0 spiro atoms. The van der Waals surface area contributed by atoms with Gasteiger partial charge in [0.15, 0.2) is 11.3 Å². The van der Waals surface area contributed by atoms with Crippen molar-refractivity contribution in [3.05, 3.63) is 58.2 Å². The van der Waals surface area contributed by atoms with E-state index < -0.39 is 58.9 Å². The second-order valence-electron chi connectivity index (χ2n) is 8.81. The van der Waals surface area contributed by atoms with Crippen LogP contribution in [0, 0.1) is 17.1 Å². The third kappa shape index (κ3) is 5.11. The van der Waals surface area contributed by atoms with E-state index in [0.29, 0.717) is 4.68 Å². The lowest BCUT2D eigenvalue weighted by atomic mass is 10.1. The van der Waals surface area contributed by atoms with Crippen LogP contribution in [0.15, 0.2) is 35.4 Å². The fourth-order valence-electron chi connectivity index (χ4n) is 4.04. The first-order valence-corrected chi connectivity index (χ1v) is 11.3. The van der Waals surface area contributed by atoms with Crippen LogP contribution in [0.2, 0.25) is 0 Å². The number of fused-ring (bicyclic) bond motifs is 1. The molecule has 3 aromatic heterocycles. The Morgan fingerprint density at radius 2 is 1.82 bits per heavy atom. The third-order valence-corrected chi connectivity index (χ3v) is 5.91. The number of halogens is 7. The lowest BCUT2D eigenvalue weighted by Crippen LogP contribution is -2.54. The summed E-state index contributed by atoms with van der Waals surface area (Å²) in [5, 5.41) is 12.6. The van der Waals surface area contributed by atoms with E-state index in [1.165, 1.54) is 11.0 Å². The molecule has 17 heteroatoms. The fraction of sp³-hybridized carbons (Fsp3) is 0.304. The van der Waals surface area contributed by atoms with Gasteiger partial charge in [0, 0.05) is 12.6 Å². The molecule has 1 saturated heterocycles. The molecule has 1 fully saturated rings. The Hall–Kier alpha value is -4.75. The summed E-state index contributed by atoms with van der Waals surface area (Å²) in [7, 11) is 0.869. The molecule has 1 aliphatic heterocycles. The quantitative estimate of drug-likeness (QED) is 0.337. The van der Waals surface area contributed by atoms with Gasteiger partial charge in [0.25, 0.3) is 5.56 Å². The van der Waals surface area contributed by atoms with Crippen LogP contribution in [0.3, 0.4) is 0 Å². The van der Waals surface area contributed by atoms with Crippen molar-refractivity contribution in [1.29, 1.82) is 5.26 Å². The number of ether oxygens (including phenoxy) is 1. The van der Waals surface area contributed by atoms with Gasteiger partial charge < -0.3 is 9.64 Å². The summed E-state index contributed by atoms with van der Waals surface area (Å²) in [5.41, 5.74) is -3.01. The molecule has 4 heterocycles. The molecule has 5 rings (SSSR count). The zero-order valence-corrected chi connectivity index (χ0v) is 20.1. The largest absolute Gasteiger partial charge is 0.483 e. The zero-order chi connectivity index (χ0) is 29.0. The van der Waals surface area contributed by atoms with Crippen LogP contribution in [0.1, 0.15) is 11.4 Å². The molecule has 0 N–H and O–H groups in total. The maximum absolute atomic E-state index is 14.9. The molecule has 0 saturated carbocycles. The molecule has 208 valence electrons. The number of nitriles is 1. The Morgan fingerprint density at radius 3 is 2.45 bits per heavy atom. The Kier molecular flexibility index (Phi) is 6.35. The average Bonchev–Trinajstić information content (AvgIpc) is 3.27. The minimum absolute atomic E-state index is 0.0546. The second-order valence-corrected chi connectivity index (χ2v) is 8.81. The van der Waals surface area contributed by atoms with E-state index >= 15 is 0 Å². The van der Waals surface area contributed by atoms with Crippen molar-refractivity contribution in [2.45, 2.75) is 25.0 Å². The van der Waals surface area contributed by atoms with E-state index in [9.17, 15) is 35.5 Å². The number of anilines is 1. The minimum atomic E-state index is -5.02. The van der Waals surface area contributed by atoms with Crippen LogP contribution in [-0.4, -0.2) is 54.7 Å². The summed E-state index contributed by atoms with van der Waals surface area (Å²) >= 11 is 0. The van der Waals surface area contributed by atoms with Crippen molar-refractivity contribution < 1.29 is 35.5 Å². The smallest absolute Gasteiger partial charge is 0.449 e. The number of hydrogen-bond acceptors (Lipinski definition) is 8. The first kappa shape index (κ1) is 26.8. The second kappa shape index (κ2) is 9.47. The van der Waals surface area contributed by atoms with Gasteiger partial charge >= 0.3 is 12.4 Å². The minimum Gasteiger partial charge on any atom is -0.483 e. The van der Waals surface area contributed by atoms with Crippen molar-refractivity contribution in [3.8, 4) is 23.1 Å². The van der Waals surface area contributed by atoms with Crippen LogP contribution < -0.4 is 15.2 Å². The van der Waals surface area contributed by atoms with Gasteiger partial charge in [0.2, 0.25) is 11.8 Å². The maximum atomic E-state index is 14.9. The van der Waals surface area contributed by atoms with Crippen molar-refractivity contribution in [2.24, 2.45) is 7.05 Å². The molecule has 1 aliphatic rings. The molecule has 0 bridgehead atoms. The molecule has 0 radical (unpaired) electrons. The molecule has 0 unspecified atom stereocenters. The molecule has 4 aromatic rings. The normalized spacial score (nSPS) is 14.3. The van der Waals surface area contributed by atoms with E-state index in [4.69, 9.17) is 10.00 Å². The number of benzene rings is 1. The number of hydrogen-bond donors (Lipinski definition) is 0. The number of aromatic nitrogens is 6. The third-order valence-electron chi connectivity index (χ3n) is 5.91. The predicted molar refractivity (Wildman–Crippen MR) is 123 cm³/mol. The molecule has 0 atom stereocenters. The maximum Gasteiger partial charge on any atom is 0.449 e. The summed E-state index contributed by atoms with van der Waals surface area (Å²) < 4.78 is 99.9. The van der Waals surface area contributed by atoms with E-state index in [2.05, 4.69) is 20.1 Å². The van der Waals surface area contributed by atoms with Gasteiger partial charge in [-0.25, -0.2) is 19.3 Å². The summed E-state index contributed by atoms with van der Waals surface area (Å²) in [6.45, 7) is -1.13. The highest BCUT2D eigenvalue weighted by molar-refractivity contribution is 5.90. The monoisotopic (exact) mass is 568 g/mol. The SMILES string of the molecule is Cn1c(C(F)(F)F)nc2c(-c3ccc(C#N)cc3F)nc(N3CC(Oc4cnn(CC(F)(F)F)c4)C3)nc2c1=O. The fourth-order valence-corrected chi connectivity index (χ4v) is 4.04. The first-order valence-electron chi connectivity index (χ1n) is 11.3. The first-order chi connectivity index (χ1) is 18.7. The molecule has 40 heavy (non-hydrogen) atoms. The van der Waals surface area contributed by atoms with E-state index in [0.717, 1.165) is 31.6 Å². The molecule has 1 aromatic carbocycles. The van der Waals surface area contributed by atoms with E-state index in [-0.39, 0.29) is 40.5 Å². The lowest BCUT2D eigenvalue weighted by Gasteiger charge is -2.38. The standard InChI is InChI=1S/C23H15F7N8O2/c1-36-19(39)18-17(33-20(36)23(28,29)30)16(14-3-2-11(5-31)4-15(14)24)34-21(35-18)37-7-13(8-37)40-12-6-32-38(9-12)10-22(25,26)27/h2-4,6,9,13H,7-8,10H2,1H3. The van der Waals surface area contributed by atoms with Crippen LogP contribution in [0.25, 0.3) is 22.3 Å². The Morgan fingerprint density at radius 1 is 1.10 bits per heavy atom. The summed E-state index contributed by atoms with van der Waals surface area (Å²) in [5.74, 6) is -2.59. The summed E-state index contributed by atoms with van der Waals surface area (Å²) in [4.78, 5) is 26.3. The van der Waals surface area contributed by atoms with Gasteiger partial charge in [-0.15, -0.1) is 0 Å². The zero-order valence-electron chi connectivity index (χ0n) is 20.1. The molecule has 0 amide bonds. The van der Waals surface area contributed by atoms with Crippen molar-refractivity contribution in [1.82, 2.24) is 29.3 Å². The van der Waals surface area contributed by atoms with E-state index in [1.807, 2.05) is 0 Å². The molecular formula is C23H15F7N8O2. The average molecular weight is 568 g/mol. The summed E-state index contributed by atoms with van der Waals surface area (Å²) in [6, 6.07) is 4.96. The van der Waals surface area contributed by atoms with Crippen LogP contribution >= 0.6 is 0 Å². The van der Waals surface area contributed by atoms with Crippen molar-refractivity contribution in [2.75, 3.05) is 18.0 Å². The van der Waals surface area contributed by atoms with Gasteiger partial charge in [-0.05, 0) is 18.2 Å². The number of alkyl halides is 6. The lowest BCUT2D eigenvalue weighted by molar-refractivity contribution is -0.147. The van der Waals surface area contributed by atoms with Gasteiger partial charge in [0.05, 0.1) is 37.1 Å².